The Bertz CT molecular complexity index is 757. The third kappa shape index (κ3) is 6.15. The first kappa shape index (κ1) is 17.8. The highest BCUT2D eigenvalue weighted by molar-refractivity contribution is 5.49. The van der Waals surface area contributed by atoms with E-state index in [-0.39, 0.29) is 0 Å². The number of hydrogen-bond acceptors (Lipinski definition) is 2. The first-order valence-corrected chi connectivity index (χ1v) is 8.94. The number of pyridine rings is 1. The fourth-order valence-corrected chi connectivity index (χ4v) is 2.76. The zero-order valence-corrected chi connectivity index (χ0v) is 14.9. The molecule has 130 valence electrons. The molecule has 0 atom stereocenters. The molecular formula is C24H24N2. The molecule has 0 aliphatic heterocycles. The molecule has 0 aliphatic rings. The maximum absolute atomic E-state index is 4.23. The average Bonchev–Trinajstić information content (AvgIpc) is 2.70. The Labute approximate surface area is 156 Å². The van der Waals surface area contributed by atoms with E-state index in [0.29, 0.717) is 0 Å². The molecule has 2 aromatic carbocycles. The standard InChI is InChI=1S/C24H24N2/c1-3-10-22(11-4-1)15-8-18-26(21-24-14-7-17-25-20-24)19-9-16-23-12-5-2-6-13-23/h1-17,20H,18-19,21H2. The van der Waals surface area contributed by atoms with Crippen molar-refractivity contribution in [3.8, 4) is 0 Å². The first-order chi connectivity index (χ1) is 12.9. The molecule has 0 saturated heterocycles. The summed E-state index contributed by atoms with van der Waals surface area (Å²) in [6.45, 7) is 2.66. The summed E-state index contributed by atoms with van der Waals surface area (Å²) in [5.74, 6) is 0. The van der Waals surface area contributed by atoms with Crippen molar-refractivity contribution < 1.29 is 0 Å². The van der Waals surface area contributed by atoms with Crippen molar-refractivity contribution in [1.82, 2.24) is 9.88 Å². The number of rotatable bonds is 8. The molecule has 1 aromatic heterocycles. The van der Waals surface area contributed by atoms with Gasteiger partial charge in [0, 0.05) is 32.0 Å². The number of benzene rings is 2. The molecule has 0 radical (unpaired) electrons. The van der Waals surface area contributed by atoms with Gasteiger partial charge < -0.3 is 0 Å². The predicted octanol–water partition coefficient (Wildman–Crippen LogP) is 5.31. The van der Waals surface area contributed by atoms with E-state index in [1.807, 2.05) is 30.6 Å². The molecule has 3 aromatic rings. The van der Waals surface area contributed by atoms with Crippen LogP contribution >= 0.6 is 0 Å². The molecule has 0 saturated carbocycles. The minimum atomic E-state index is 0.881. The van der Waals surface area contributed by atoms with E-state index < -0.39 is 0 Å². The summed E-state index contributed by atoms with van der Waals surface area (Å²) in [4.78, 5) is 6.63. The molecule has 0 aliphatic carbocycles. The lowest BCUT2D eigenvalue weighted by Crippen LogP contribution is -2.23. The predicted molar refractivity (Wildman–Crippen MR) is 110 cm³/mol. The Morgan fingerprint density at radius 1 is 0.692 bits per heavy atom. The summed E-state index contributed by atoms with van der Waals surface area (Å²) < 4.78 is 0. The van der Waals surface area contributed by atoms with Gasteiger partial charge in [-0.05, 0) is 22.8 Å². The second-order valence-corrected chi connectivity index (χ2v) is 6.18. The fourth-order valence-electron chi connectivity index (χ4n) is 2.76. The largest absolute Gasteiger partial charge is 0.292 e. The Balaban J connectivity index is 1.63. The van der Waals surface area contributed by atoms with Crippen LogP contribution in [0.1, 0.15) is 16.7 Å². The van der Waals surface area contributed by atoms with Gasteiger partial charge in [-0.3, -0.25) is 9.88 Å². The molecular weight excluding hydrogens is 316 g/mol. The third-order valence-corrected chi connectivity index (χ3v) is 4.08. The molecule has 0 fully saturated rings. The average molecular weight is 340 g/mol. The highest BCUT2D eigenvalue weighted by Gasteiger charge is 2.02. The maximum Gasteiger partial charge on any atom is 0.0312 e. The van der Waals surface area contributed by atoms with Crippen LogP contribution in [0.2, 0.25) is 0 Å². The van der Waals surface area contributed by atoms with Crippen LogP contribution in [0.5, 0.6) is 0 Å². The van der Waals surface area contributed by atoms with Crippen LogP contribution < -0.4 is 0 Å². The summed E-state index contributed by atoms with van der Waals surface area (Å²) in [5, 5.41) is 0. The quantitative estimate of drug-likeness (QED) is 0.552. The molecule has 2 nitrogen and oxygen atoms in total. The minimum Gasteiger partial charge on any atom is -0.292 e. The summed E-state index contributed by atoms with van der Waals surface area (Å²) in [6.07, 6.45) is 12.6. The zero-order valence-electron chi connectivity index (χ0n) is 14.9. The lowest BCUT2D eigenvalue weighted by atomic mass is 10.2. The minimum absolute atomic E-state index is 0.881. The summed E-state index contributed by atoms with van der Waals surface area (Å²) in [6, 6.07) is 25.0. The summed E-state index contributed by atoms with van der Waals surface area (Å²) >= 11 is 0. The van der Waals surface area contributed by atoms with E-state index in [4.69, 9.17) is 0 Å². The molecule has 3 rings (SSSR count). The molecule has 2 heteroatoms. The van der Waals surface area contributed by atoms with E-state index in [2.05, 4.69) is 88.8 Å². The van der Waals surface area contributed by atoms with Gasteiger partial charge in [-0.15, -0.1) is 0 Å². The Morgan fingerprint density at radius 2 is 1.27 bits per heavy atom. The summed E-state index contributed by atoms with van der Waals surface area (Å²) in [7, 11) is 0. The summed E-state index contributed by atoms with van der Waals surface area (Å²) in [5.41, 5.74) is 3.69. The van der Waals surface area contributed by atoms with Gasteiger partial charge in [-0.1, -0.05) is 91.0 Å². The molecule has 26 heavy (non-hydrogen) atoms. The Kier molecular flexibility index (Phi) is 6.94. The van der Waals surface area contributed by atoms with Crippen molar-refractivity contribution in [2.24, 2.45) is 0 Å². The Hall–Kier alpha value is -2.97. The normalized spacial score (nSPS) is 11.6. The lowest BCUT2D eigenvalue weighted by molar-refractivity contribution is 0.328. The highest BCUT2D eigenvalue weighted by atomic mass is 15.1. The number of aromatic nitrogens is 1. The van der Waals surface area contributed by atoms with E-state index in [1.54, 1.807) is 0 Å². The number of hydrogen-bond donors (Lipinski definition) is 0. The van der Waals surface area contributed by atoms with Crippen molar-refractivity contribution >= 4 is 12.2 Å². The van der Waals surface area contributed by atoms with Crippen molar-refractivity contribution in [3.05, 3.63) is 114 Å². The zero-order chi connectivity index (χ0) is 17.9. The second-order valence-electron chi connectivity index (χ2n) is 6.18. The van der Waals surface area contributed by atoms with Crippen LogP contribution in [0, 0.1) is 0 Å². The van der Waals surface area contributed by atoms with Crippen LogP contribution in [0.15, 0.2) is 97.3 Å². The van der Waals surface area contributed by atoms with E-state index >= 15 is 0 Å². The second kappa shape index (κ2) is 10.1. The van der Waals surface area contributed by atoms with Crippen LogP contribution in [-0.4, -0.2) is 23.0 Å². The highest BCUT2D eigenvalue weighted by Crippen LogP contribution is 2.07. The van der Waals surface area contributed by atoms with Gasteiger partial charge in [0.05, 0.1) is 0 Å². The van der Waals surface area contributed by atoms with Gasteiger partial charge in [0.1, 0.15) is 0 Å². The Morgan fingerprint density at radius 3 is 1.77 bits per heavy atom. The first-order valence-electron chi connectivity index (χ1n) is 8.94. The lowest BCUT2D eigenvalue weighted by Gasteiger charge is -2.18. The van der Waals surface area contributed by atoms with E-state index in [9.17, 15) is 0 Å². The smallest absolute Gasteiger partial charge is 0.0312 e. The van der Waals surface area contributed by atoms with Crippen LogP contribution in [0.4, 0.5) is 0 Å². The van der Waals surface area contributed by atoms with Crippen molar-refractivity contribution in [1.29, 1.82) is 0 Å². The molecule has 1 heterocycles. The van der Waals surface area contributed by atoms with E-state index in [1.165, 1.54) is 16.7 Å². The monoisotopic (exact) mass is 340 g/mol. The van der Waals surface area contributed by atoms with Crippen LogP contribution in [0.3, 0.4) is 0 Å². The van der Waals surface area contributed by atoms with Gasteiger partial charge in [0.15, 0.2) is 0 Å². The van der Waals surface area contributed by atoms with Crippen molar-refractivity contribution in [2.45, 2.75) is 6.54 Å². The number of nitrogens with zero attached hydrogens (tertiary/aromatic N) is 2. The van der Waals surface area contributed by atoms with Crippen LogP contribution in [-0.2, 0) is 6.54 Å². The van der Waals surface area contributed by atoms with E-state index in [0.717, 1.165) is 19.6 Å². The van der Waals surface area contributed by atoms with Crippen molar-refractivity contribution in [3.63, 3.8) is 0 Å². The molecule has 0 amide bonds. The van der Waals surface area contributed by atoms with Gasteiger partial charge in [-0.2, -0.15) is 0 Å². The maximum atomic E-state index is 4.23. The molecule has 0 N–H and O–H groups in total. The van der Waals surface area contributed by atoms with Gasteiger partial charge in [-0.25, -0.2) is 0 Å². The van der Waals surface area contributed by atoms with Gasteiger partial charge in [0.25, 0.3) is 0 Å². The molecule has 0 bridgehead atoms. The fraction of sp³-hybridized carbons (Fsp3) is 0.125. The third-order valence-electron chi connectivity index (χ3n) is 4.08. The van der Waals surface area contributed by atoms with Crippen molar-refractivity contribution in [2.75, 3.05) is 13.1 Å². The van der Waals surface area contributed by atoms with Gasteiger partial charge >= 0.3 is 0 Å². The molecule has 0 spiro atoms. The molecule has 0 unspecified atom stereocenters. The topological polar surface area (TPSA) is 16.1 Å². The van der Waals surface area contributed by atoms with Gasteiger partial charge in [0.2, 0.25) is 0 Å². The van der Waals surface area contributed by atoms with Crippen LogP contribution in [0.25, 0.3) is 12.2 Å². The SMILES string of the molecule is C(=Cc1ccccc1)CN(CC=Cc1ccccc1)Cc1cccnc1.